The van der Waals surface area contributed by atoms with E-state index in [0.717, 1.165) is 11.3 Å². The molecule has 0 bridgehead atoms. The fourth-order valence-corrected chi connectivity index (χ4v) is 3.07. The van der Waals surface area contributed by atoms with Gasteiger partial charge in [0.15, 0.2) is 5.96 Å². The molecule has 30 heavy (non-hydrogen) atoms. The van der Waals surface area contributed by atoms with Crippen LogP contribution >= 0.6 is 24.0 Å². The fraction of sp³-hybridized carbons (Fsp3) is 0.500. The number of halogens is 3. The van der Waals surface area contributed by atoms with Crippen molar-refractivity contribution in [3.05, 3.63) is 41.2 Å². The Morgan fingerprint density at radius 3 is 2.57 bits per heavy atom. The first kappa shape index (κ1) is 25.9. The smallest absolute Gasteiger partial charge is 0.387 e. The van der Waals surface area contributed by atoms with Crippen molar-refractivity contribution in [1.29, 1.82) is 0 Å². The van der Waals surface area contributed by atoms with E-state index in [2.05, 4.69) is 34.0 Å². The molecule has 1 N–H and O–H groups in total. The summed E-state index contributed by atoms with van der Waals surface area (Å²) in [7, 11) is 6.96. The van der Waals surface area contributed by atoms with Crippen molar-refractivity contribution < 1.29 is 18.3 Å². The van der Waals surface area contributed by atoms with E-state index in [4.69, 9.17) is 4.74 Å². The molecule has 0 saturated carbocycles. The molecular formula is C20H30F2IN5O2. The van der Waals surface area contributed by atoms with Gasteiger partial charge in [-0.05, 0) is 18.1 Å². The number of benzene rings is 1. The van der Waals surface area contributed by atoms with Gasteiger partial charge in [-0.2, -0.15) is 13.9 Å². The van der Waals surface area contributed by atoms with Crippen LogP contribution in [0.2, 0.25) is 0 Å². The van der Waals surface area contributed by atoms with Gasteiger partial charge >= 0.3 is 6.61 Å². The highest BCUT2D eigenvalue weighted by Crippen LogP contribution is 2.26. The molecule has 0 atom stereocenters. The van der Waals surface area contributed by atoms with Gasteiger partial charge in [-0.25, -0.2) is 0 Å². The first-order valence-electron chi connectivity index (χ1n) is 9.31. The van der Waals surface area contributed by atoms with Crippen LogP contribution in [0.25, 0.3) is 0 Å². The van der Waals surface area contributed by atoms with Gasteiger partial charge in [-0.15, -0.1) is 24.0 Å². The van der Waals surface area contributed by atoms with Crippen molar-refractivity contribution in [2.75, 3.05) is 21.2 Å². The van der Waals surface area contributed by atoms with Gasteiger partial charge in [0.2, 0.25) is 0 Å². The van der Waals surface area contributed by atoms with E-state index in [1.165, 1.54) is 13.2 Å². The third kappa shape index (κ3) is 6.99. The van der Waals surface area contributed by atoms with Crippen LogP contribution in [0.3, 0.4) is 0 Å². The molecule has 0 aliphatic carbocycles. The van der Waals surface area contributed by atoms with Gasteiger partial charge in [-0.3, -0.25) is 9.67 Å². The van der Waals surface area contributed by atoms with Crippen molar-refractivity contribution in [3.8, 4) is 11.5 Å². The molecule has 1 heterocycles. The predicted molar refractivity (Wildman–Crippen MR) is 124 cm³/mol. The van der Waals surface area contributed by atoms with Crippen molar-refractivity contribution in [3.63, 3.8) is 0 Å². The first-order valence-corrected chi connectivity index (χ1v) is 9.31. The molecular weight excluding hydrogens is 507 g/mol. The first-order chi connectivity index (χ1) is 13.7. The zero-order chi connectivity index (χ0) is 21.6. The average molecular weight is 537 g/mol. The lowest BCUT2D eigenvalue weighted by atomic mass is 10.1. The van der Waals surface area contributed by atoms with Crippen molar-refractivity contribution in [2.24, 2.45) is 12.0 Å². The normalized spacial score (nSPS) is 11.5. The van der Waals surface area contributed by atoms with E-state index in [9.17, 15) is 8.78 Å². The molecule has 10 heteroatoms. The fourth-order valence-electron chi connectivity index (χ4n) is 3.07. The van der Waals surface area contributed by atoms with Crippen LogP contribution < -0.4 is 14.8 Å². The number of guanidine groups is 1. The van der Waals surface area contributed by atoms with Gasteiger partial charge in [0.05, 0.1) is 12.8 Å². The minimum absolute atomic E-state index is 0. The van der Waals surface area contributed by atoms with Gasteiger partial charge in [0, 0.05) is 57.6 Å². The molecule has 0 aliphatic heterocycles. The third-order valence-electron chi connectivity index (χ3n) is 4.39. The number of rotatable bonds is 8. The Morgan fingerprint density at radius 2 is 2.00 bits per heavy atom. The van der Waals surface area contributed by atoms with E-state index in [-0.39, 0.29) is 36.3 Å². The molecule has 0 aliphatic rings. The number of aryl methyl sites for hydroxylation is 1. The lowest BCUT2D eigenvalue weighted by molar-refractivity contribution is -0.0505. The average Bonchev–Trinajstić information content (AvgIpc) is 3.03. The topological polar surface area (TPSA) is 63.9 Å². The lowest BCUT2D eigenvalue weighted by Crippen LogP contribution is -2.38. The molecule has 0 spiro atoms. The number of alkyl halides is 2. The molecule has 0 saturated heterocycles. The Hall–Kier alpha value is -2.11. The van der Waals surface area contributed by atoms with Crippen molar-refractivity contribution in [2.45, 2.75) is 39.5 Å². The number of methoxy groups -OCH3 is 1. The number of aliphatic imine (C=N–C) groups is 1. The minimum atomic E-state index is -2.91. The molecule has 0 amide bonds. The van der Waals surface area contributed by atoms with Crippen molar-refractivity contribution >= 4 is 29.9 Å². The van der Waals surface area contributed by atoms with Crippen LogP contribution in [0.4, 0.5) is 8.78 Å². The summed E-state index contributed by atoms with van der Waals surface area (Å²) in [6.07, 6.45) is 2.00. The minimum Gasteiger partial charge on any atom is -0.497 e. The van der Waals surface area contributed by atoms with Gasteiger partial charge in [-0.1, -0.05) is 13.8 Å². The Labute approximate surface area is 193 Å². The second-order valence-electron chi connectivity index (χ2n) is 6.98. The SMILES string of the molecule is CN=C(NCc1ccc(OC)cc1OC(F)F)N(C)Cc1cn(C)nc1C(C)C.I. The van der Waals surface area contributed by atoms with E-state index in [0.29, 0.717) is 29.7 Å². The molecule has 2 rings (SSSR count). The number of aromatic nitrogens is 2. The second-order valence-corrected chi connectivity index (χ2v) is 6.98. The van der Waals surface area contributed by atoms with E-state index >= 15 is 0 Å². The Balaban J connectivity index is 0.00000450. The number of hydrogen-bond acceptors (Lipinski definition) is 4. The summed E-state index contributed by atoms with van der Waals surface area (Å²) >= 11 is 0. The number of nitrogens with one attached hydrogen (secondary N) is 1. The number of nitrogens with zero attached hydrogens (tertiary/aromatic N) is 4. The van der Waals surface area contributed by atoms with Gasteiger partial charge in [0.25, 0.3) is 0 Å². The highest BCUT2D eigenvalue weighted by Gasteiger charge is 2.16. The molecule has 2 aromatic rings. The molecule has 0 unspecified atom stereocenters. The Morgan fingerprint density at radius 1 is 1.30 bits per heavy atom. The molecule has 7 nitrogen and oxygen atoms in total. The summed E-state index contributed by atoms with van der Waals surface area (Å²) in [6.45, 7) is 2.18. The molecule has 0 fully saturated rings. The predicted octanol–water partition coefficient (Wildman–Crippen LogP) is 3.98. The summed E-state index contributed by atoms with van der Waals surface area (Å²) in [5.41, 5.74) is 2.72. The van der Waals surface area contributed by atoms with Crippen LogP contribution in [-0.2, 0) is 20.1 Å². The largest absolute Gasteiger partial charge is 0.497 e. The Kier molecular flexibility index (Phi) is 10.3. The van der Waals surface area contributed by atoms with Crippen LogP contribution in [0.15, 0.2) is 29.4 Å². The summed E-state index contributed by atoms with van der Waals surface area (Å²) in [5.74, 6) is 1.45. The maximum absolute atomic E-state index is 12.8. The van der Waals surface area contributed by atoms with E-state index < -0.39 is 6.61 Å². The maximum atomic E-state index is 12.8. The van der Waals surface area contributed by atoms with Crippen LogP contribution in [-0.4, -0.2) is 48.5 Å². The number of hydrogen-bond donors (Lipinski definition) is 1. The second kappa shape index (κ2) is 11.9. The quantitative estimate of drug-likeness (QED) is 0.314. The summed E-state index contributed by atoms with van der Waals surface area (Å²) in [5, 5.41) is 7.72. The summed E-state index contributed by atoms with van der Waals surface area (Å²) in [4.78, 5) is 6.25. The van der Waals surface area contributed by atoms with Gasteiger partial charge < -0.3 is 19.7 Å². The standard InChI is InChI=1S/C20H29F2N5O2.HI/c1-13(2)18-15(12-27(5)25-18)11-26(4)20(23-3)24-10-14-7-8-16(28-6)9-17(14)29-19(21)22;/h7-9,12-13,19H,10-11H2,1-6H3,(H,23,24);1H. The lowest BCUT2D eigenvalue weighted by Gasteiger charge is -2.23. The summed E-state index contributed by atoms with van der Waals surface area (Å²) in [6, 6.07) is 4.83. The zero-order valence-corrected chi connectivity index (χ0v) is 20.5. The molecule has 0 radical (unpaired) electrons. The van der Waals surface area contributed by atoms with E-state index in [1.807, 2.05) is 25.2 Å². The van der Waals surface area contributed by atoms with Crippen LogP contribution in [0, 0.1) is 0 Å². The van der Waals surface area contributed by atoms with Gasteiger partial charge in [0.1, 0.15) is 11.5 Å². The van der Waals surface area contributed by atoms with E-state index in [1.54, 1.807) is 23.9 Å². The molecule has 1 aromatic carbocycles. The maximum Gasteiger partial charge on any atom is 0.387 e. The zero-order valence-electron chi connectivity index (χ0n) is 18.1. The number of ether oxygens (including phenoxy) is 2. The highest BCUT2D eigenvalue weighted by atomic mass is 127. The Bertz CT molecular complexity index is 843. The molecule has 1 aromatic heterocycles. The third-order valence-corrected chi connectivity index (χ3v) is 4.39. The molecule has 168 valence electrons. The monoisotopic (exact) mass is 537 g/mol. The van der Waals surface area contributed by atoms with Crippen molar-refractivity contribution in [1.82, 2.24) is 20.0 Å². The van der Waals surface area contributed by atoms with Crippen LogP contribution in [0.5, 0.6) is 11.5 Å². The van der Waals surface area contributed by atoms with Crippen LogP contribution in [0.1, 0.15) is 36.6 Å². The highest BCUT2D eigenvalue weighted by molar-refractivity contribution is 14.0. The summed E-state index contributed by atoms with van der Waals surface area (Å²) < 4.78 is 37.0.